The van der Waals surface area contributed by atoms with Crippen LogP contribution in [0.1, 0.15) is 13.8 Å². The van der Waals surface area contributed by atoms with Gasteiger partial charge in [-0.3, -0.25) is 9.48 Å². The summed E-state index contributed by atoms with van der Waals surface area (Å²) in [7, 11) is 0. The summed E-state index contributed by atoms with van der Waals surface area (Å²) in [5.74, 6) is 0.206. The summed E-state index contributed by atoms with van der Waals surface area (Å²) in [5, 5.41) is 12.7. The molecule has 1 N–H and O–H groups in total. The van der Waals surface area contributed by atoms with E-state index in [0.29, 0.717) is 0 Å². The normalized spacial score (nSPS) is 13.0. The molecule has 1 heterocycles. The highest BCUT2D eigenvalue weighted by molar-refractivity contribution is 8.00. The van der Waals surface area contributed by atoms with Gasteiger partial charge in [0.05, 0.1) is 0 Å². The van der Waals surface area contributed by atoms with Gasteiger partial charge in [-0.25, -0.2) is 0 Å². The molecule has 0 saturated carbocycles. The van der Waals surface area contributed by atoms with E-state index in [1.54, 1.807) is 6.20 Å². The van der Waals surface area contributed by atoms with Gasteiger partial charge < -0.3 is 5.11 Å². The summed E-state index contributed by atoms with van der Waals surface area (Å²) in [6, 6.07) is 1.86. The minimum atomic E-state index is -0.726. The van der Waals surface area contributed by atoms with Crippen LogP contribution in [0.4, 0.5) is 0 Å². The first-order valence-corrected chi connectivity index (χ1v) is 5.98. The van der Waals surface area contributed by atoms with Crippen molar-refractivity contribution in [2.75, 3.05) is 5.75 Å². The summed E-state index contributed by atoms with van der Waals surface area (Å²) in [5.41, 5.74) is 0. The largest absolute Gasteiger partial charge is 0.480 e. The van der Waals surface area contributed by atoms with Crippen LogP contribution in [0, 0.1) is 5.92 Å². The van der Waals surface area contributed by atoms with Gasteiger partial charge in [-0.05, 0) is 12.0 Å². The minimum absolute atomic E-state index is 0.158. The number of rotatable bonds is 6. The predicted molar refractivity (Wildman–Crippen MR) is 60.9 cm³/mol. The van der Waals surface area contributed by atoms with Gasteiger partial charge in [0.15, 0.2) is 0 Å². The predicted octanol–water partition coefficient (Wildman–Crippen LogP) is 1.73. The Morgan fingerprint density at radius 2 is 2.33 bits per heavy atom. The minimum Gasteiger partial charge on any atom is -0.480 e. The van der Waals surface area contributed by atoms with E-state index in [4.69, 9.17) is 5.11 Å². The number of carboxylic acids is 1. The van der Waals surface area contributed by atoms with Crippen molar-refractivity contribution in [1.29, 1.82) is 0 Å². The number of nitrogens with zero attached hydrogens (tertiary/aromatic N) is 2. The van der Waals surface area contributed by atoms with Gasteiger partial charge in [0.1, 0.15) is 5.25 Å². The summed E-state index contributed by atoms with van der Waals surface area (Å²) in [6.45, 7) is 4.62. The van der Waals surface area contributed by atoms with Crippen LogP contribution in [0.3, 0.4) is 0 Å². The molecule has 5 heteroatoms. The second-order valence-electron chi connectivity index (χ2n) is 3.64. The van der Waals surface area contributed by atoms with Crippen molar-refractivity contribution in [2.45, 2.75) is 25.6 Å². The molecule has 0 radical (unpaired) electrons. The molecule has 0 spiro atoms. The van der Waals surface area contributed by atoms with Crippen molar-refractivity contribution in [3.05, 3.63) is 18.5 Å². The SMILES string of the molecule is CC(C)C(SCCn1cccn1)C(=O)O. The van der Waals surface area contributed by atoms with E-state index in [1.165, 1.54) is 11.8 Å². The molecule has 0 fully saturated rings. The average Bonchev–Trinajstić information content (AvgIpc) is 2.63. The van der Waals surface area contributed by atoms with Gasteiger partial charge in [0.2, 0.25) is 0 Å². The zero-order chi connectivity index (χ0) is 11.3. The molecule has 4 nitrogen and oxygen atoms in total. The third kappa shape index (κ3) is 3.95. The Balaban J connectivity index is 2.31. The number of hydrogen-bond donors (Lipinski definition) is 1. The second-order valence-corrected chi connectivity index (χ2v) is 4.89. The van der Waals surface area contributed by atoms with Crippen molar-refractivity contribution < 1.29 is 9.90 Å². The molecule has 1 aromatic rings. The molecule has 0 aliphatic carbocycles. The number of carbonyl (C=O) groups is 1. The number of thioether (sulfide) groups is 1. The molecular weight excluding hydrogens is 212 g/mol. The molecule has 84 valence electrons. The second kappa shape index (κ2) is 5.80. The maximum absolute atomic E-state index is 10.9. The van der Waals surface area contributed by atoms with Crippen LogP contribution in [0.5, 0.6) is 0 Å². The molecule has 0 amide bonds. The van der Waals surface area contributed by atoms with Crippen LogP contribution in [0.2, 0.25) is 0 Å². The van der Waals surface area contributed by atoms with Gasteiger partial charge in [0, 0.05) is 24.7 Å². The fraction of sp³-hybridized carbons (Fsp3) is 0.600. The molecule has 0 aliphatic rings. The highest BCUT2D eigenvalue weighted by Gasteiger charge is 2.21. The number of carboxylic acid groups (broad SMARTS) is 1. The summed E-state index contributed by atoms with van der Waals surface area (Å²) < 4.78 is 1.81. The van der Waals surface area contributed by atoms with E-state index in [2.05, 4.69) is 5.10 Å². The topological polar surface area (TPSA) is 55.1 Å². The fourth-order valence-electron chi connectivity index (χ4n) is 1.25. The van der Waals surface area contributed by atoms with Gasteiger partial charge in [-0.15, -0.1) is 11.8 Å². The summed E-state index contributed by atoms with van der Waals surface area (Å²) >= 11 is 1.48. The maximum atomic E-state index is 10.9. The Bertz CT molecular complexity index is 298. The molecule has 0 saturated heterocycles. The van der Waals surface area contributed by atoms with Crippen molar-refractivity contribution in [1.82, 2.24) is 9.78 Å². The Morgan fingerprint density at radius 3 is 2.80 bits per heavy atom. The lowest BCUT2D eigenvalue weighted by Gasteiger charge is -2.15. The maximum Gasteiger partial charge on any atom is 0.316 e. The van der Waals surface area contributed by atoms with E-state index < -0.39 is 5.97 Å². The van der Waals surface area contributed by atoms with E-state index in [9.17, 15) is 4.79 Å². The fourth-order valence-corrected chi connectivity index (χ4v) is 2.33. The first kappa shape index (κ1) is 12.1. The van der Waals surface area contributed by atoms with E-state index >= 15 is 0 Å². The Morgan fingerprint density at radius 1 is 1.60 bits per heavy atom. The molecule has 1 rings (SSSR count). The van der Waals surface area contributed by atoms with Crippen LogP contribution in [-0.4, -0.2) is 31.9 Å². The summed E-state index contributed by atoms with van der Waals surface area (Å²) in [4.78, 5) is 10.9. The molecule has 1 atom stereocenters. The monoisotopic (exact) mass is 228 g/mol. The third-order valence-corrected chi connectivity index (χ3v) is 3.55. The highest BCUT2D eigenvalue weighted by Crippen LogP contribution is 2.19. The standard InChI is InChI=1S/C10H16N2O2S/c1-8(2)9(10(13)14)15-7-6-12-5-3-4-11-12/h3-5,8-9H,6-7H2,1-2H3,(H,13,14). The van der Waals surface area contributed by atoms with Crippen molar-refractivity contribution in [3.63, 3.8) is 0 Å². The smallest absolute Gasteiger partial charge is 0.316 e. The van der Waals surface area contributed by atoms with E-state index in [0.717, 1.165) is 12.3 Å². The van der Waals surface area contributed by atoms with Crippen LogP contribution in [-0.2, 0) is 11.3 Å². The quantitative estimate of drug-likeness (QED) is 0.805. The zero-order valence-electron chi connectivity index (χ0n) is 8.96. The Hall–Kier alpha value is -0.970. The van der Waals surface area contributed by atoms with Crippen LogP contribution in [0.15, 0.2) is 18.5 Å². The van der Waals surface area contributed by atoms with Crippen molar-refractivity contribution in [2.24, 2.45) is 5.92 Å². The number of aliphatic carboxylic acids is 1. The molecule has 0 aromatic carbocycles. The third-order valence-electron chi connectivity index (χ3n) is 2.03. The van der Waals surface area contributed by atoms with Crippen molar-refractivity contribution in [3.8, 4) is 0 Å². The average molecular weight is 228 g/mol. The molecule has 0 bridgehead atoms. The lowest BCUT2D eigenvalue weighted by molar-refractivity contribution is -0.137. The lowest BCUT2D eigenvalue weighted by Crippen LogP contribution is -2.23. The zero-order valence-corrected chi connectivity index (χ0v) is 9.78. The van der Waals surface area contributed by atoms with Crippen molar-refractivity contribution >= 4 is 17.7 Å². The van der Waals surface area contributed by atoms with Gasteiger partial charge in [0.25, 0.3) is 0 Å². The molecule has 1 aromatic heterocycles. The number of aryl methyl sites for hydroxylation is 1. The molecular formula is C10H16N2O2S. The molecule has 0 aliphatic heterocycles. The molecule has 1 unspecified atom stereocenters. The Kier molecular flexibility index (Phi) is 4.68. The van der Waals surface area contributed by atoms with E-state index in [-0.39, 0.29) is 11.2 Å². The van der Waals surface area contributed by atoms with Crippen LogP contribution < -0.4 is 0 Å². The van der Waals surface area contributed by atoms with Crippen LogP contribution >= 0.6 is 11.8 Å². The molecule has 15 heavy (non-hydrogen) atoms. The van der Waals surface area contributed by atoms with Gasteiger partial charge in [-0.2, -0.15) is 5.10 Å². The van der Waals surface area contributed by atoms with Gasteiger partial charge in [-0.1, -0.05) is 13.8 Å². The Labute approximate surface area is 93.7 Å². The first-order chi connectivity index (χ1) is 7.11. The first-order valence-electron chi connectivity index (χ1n) is 4.93. The highest BCUT2D eigenvalue weighted by atomic mass is 32.2. The number of hydrogen-bond acceptors (Lipinski definition) is 3. The summed E-state index contributed by atoms with van der Waals surface area (Å²) in [6.07, 6.45) is 3.60. The van der Waals surface area contributed by atoms with Crippen LogP contribution in [0.25, 0.3) is 0 Å². The van der Waals surface area contributed by atoms with Gasteiger partial charge >= 0.3 is 5.97 Å². The van der Waals surface area contributed by atoms with E-state index in [1.807, 2.05) is 30.8 Å². The number of aromatic nitrogens is 2. The lowest BCUT2D eigenvalue weighted by atomic mass is 10.1.